The number of para-hydroxylation sites is 1. The topological polar surface area (TPSA) is 126 Å². The van der Waals surface area contributed by atoms with Crippen molar-refractivity contribution in [3.8, 4) is 11.5 Å². The molecule has 0 aliphatic rings. The Morgan fingerprint density at radius 1 is 1.10 bits per heavy atom. The van der Waals surface area contributed by atoms with E-state index in [1.807, 2.05) is 0 Å². The van der Waals surface area contributed by atoms with Crippen LogP contribution in [0.2, 0.25) is 0 Å². The Balaban J connectivity index is 1.78. The largest absolute Gasteiger partial charge is 0.497 e. The van der Waals surface area contributed by atoms with Crippen LogP contribution in [-0.4, -0.2) is 49.4 Å². The van der Waals surface area contributed by atoms with Crippen LogP contribution >= 0.6 is 0 Å². The molecule has 2 aromatic carbocycles. The number of methoxy groups -OCH3 is 1. The molecule has 156 valence electrons. The minimum absolute atomic E-state index is 0.264. The van der Waals surface area contributed by atoms with E-state index in [0.29, 0.717) is 17.1 Å². The van der Waals surface area contributed by atoms with Crippen molar-refractivity contribution in [2.75, 3.05) is 20.3 Å². The number of carbonyl (C=O) groups excluding carboxylic acids is 2. The molecule has 0 bridgehead atoms. The second-order valence-corrected chi connectivity index (χ2v) is 5.84. The van der Waals surface area contributed by atoms with Gasteiger partial charge in [-0.2, -0.15) is 5.10 Å². The number of carbonyl (C=O) groups is 3. The Hall–Kier alpha value is -4.14. The minimum atomic E-state index is -1.10. The first-order valence-corrected chi connectivity index (χ1v) is 8.83. The molecule has 0 aliphatic carbocycles. The predicted molar refractivity (Wildman–Crippen MR) is 110 cm³/mol. The van der Waals surface area contributed by atoms with Gasteiger partial charge in [-0.1, -0.05) is 24.3 Å². The number of ether oxygens (including phenoxy) is 2. The lowest BCUT2D eigenvalue weighted by atomic mass is 10.2. The zero-order valence-corrected chi connectivity index (χ0v) is 16.2. The Bertz CT molecular complexity index is 938. The molecular formula is C21H21N3O6. The number of benzene rings is 2. The maximum absolute atomic E-state index is 11.8. The summed E-state index contributed by atoms with van der Waals surface area (Å²) in [6, 6.07) is 13.8. The van der Waals surface area contributed by atoms with E-state index in [0.717, 1.165) is 5.56 Å². The zero-order valence-electron chi connectivity index (χ0n) is 16.2. The summed E-state index contributed by atoms with van der Waals surface area (Å²) in [6.45, 7) is -0.756. The summed E-state index contributed by atoms with van der Waals surface area (Å²) in [6.07, 6.45) is 4.24. The number of hydrazone groups is 1. The van der Waals surface area contributed by atoms with E-state index in [1.54, 1.807) is 61.7 Å². The lowest BCUT2D eigenvalue weighted by molar-refractivity contribution is -0.139. The second-order valence-electron chi connectivity index (χ2n) is 5.84. The number of aliphatic carboxylic acids is 1. The van der Waals surface area contributed by atoms with Gasteiger partial charge < -0.3 is 19.9 Å². The highest BCUT2D eigenvalue weighted by atomic mass is 16.5. The maximum atomic E-state index is 11.8. The predicted octanol–water partition coefficient (Wildman–Crippen LogP) is 1.44. The van der Waals surface area contributed by atoms with Gasteiger partial charge in [0.1, 0.15) is 11.5 Å². The van der Waals surface area contributed by atoms with Gasteiger partial charge in [-0.05, 0) is 35.9 Å². The fourth-order valence-corrected chi connectivity index (χ4v) is 2.18. The molecule has 9 heteroatoms. The van der Waals surface area contributed by atoms with Crippen molar-refractivity contribution in [3.63, 3.8) is 0 Å². The molecule has 0 fully saturated rings. The van der Waals surface area contributed by atoms with E-state index < -0.39 is 24.4 Å². The third-order valence-electron chi connectivity index (χ3n) is 3.63. The zero-order chi connectivity index (χ0) is 21.8. The molecule has 3 N–H and O–H groups in total. The second kappa shape index (κ2) is 11.6. The van der Waals surface area contributed by atoms with Crippen molar-refractivity contribution in [1.82, 2.24) is 10.7 Å². The Kier molecular flexibility index (Phi) is 8.60. The average molecular weight is 411 g/mol. The van der Waals surface area contributed by atoms with Gasteiger partial charge in [0.15, 0.2) is 6.61 Å². The summed E-state index contributed by atoms with van der Waals surface area (Å²) in [7, 11) is 1.57. The highest BCUT2D eigenvalue weighted by Crippen LogP contribution is 2.15. The quantitative estimate of drug-likeness (QED) is 0.309. The first kappa shape index (κ1) is 22.2. The van der Waals surface area contributed by atoms with Crippen LogP contribution in [0.15, 0.2) is 59.7 Å². The van der Waals surface area contributed by atoms with E-state index >= 15 is 0 Å². The SMILES string of the molecule is COc1ccc(/C=C/C(=O)NCC(=O)N/N=C/c2ccccc2OCC(=O)O)cc1. The van der Waals surface area contributed by atoms with Crippen LogP contribution < -0.4 is 20.2 Å². The van der Waals surface area contributed by atoms with Crippen LogP contribution in [0.5, 0.6) is 11.5 Å². The van der Waals surface area contributed by atoms with Gasteiger partial charge in [0.25, 0.3) is 5.91 Å². The first-order valence-electron chi connectivity index (χ1n) is 8.83. The van der Waals surface area contributed by atoms with Gasteiger partial charge in [-0.25, -0.2) is 10.2 Å². The number of nitrogens with zero attached hydrogens (tertiary/aromatic N) is 1. The van der Waals surface area contributed by atoms with Crippen LogP contribution in [0, 0.1) is 0 Å². The number of nitrogens with one attached hydrogen (secondary N) is 2. The van der Waals surface area contributed by atoms with Gasteiger partial charge >= 0.3 is 5.97 Å². The highest BCUT2D eigenvalue weighted by molar-refractivity contribution is 5.94. The van der Waals surface area contributed by atoms with Crippen molar-refractivity contribution >= 4 is 30.1 Å². The maximum Gasteiger partial charge on any atom is 0.341 e. The smallest absolute Gasteiger partial charge is 0.341 e. The van der Waals surface area contributed by atoms with E-state index in [-0.39, 0.29) is 6.54 Å². The van der Waals surface area contributed by atoms with Gasteiger partial charge in [0, 0.05) is 11.6 Å². The van der Waals surface area contributed by atoms with Crippen molar-refractivity contribution in [2.45, 2.75) is 0 Å². The molecule has 0 atom stereocenters. The first-order chi connectivity index (χ1) is 14.5. The minimum Gasteiger partial charge on any atom is -0.497 e. The third kappa shape index (κ3) is 7.85. The molecule has 2 aromatic rings. The average Bonchev–Trinajstić information content (AvgIpc) is 2.75. The molecule has 0 saturated heterocycles. The van der Waals surface area contributed by atoms with E-state index in [2.05, 4.69) is 15.8 Å². The van der Waals surface area contributed by atoms with E-state index in [1.165, 1.54) is 12.3 Å². The number of amides is 2. The van der Waals surface area contributed by atoms with Crippen molar-refractivity contribution < 1.29 is 29.0 Å². The molecule has 0 unspecified atom stereocenters. The molecule has 0 aliphatic heterocycles. The van der Waals surface area contributed by atoms with Gasteiger partial charge in [0.2, 0.25) is 5.91 Å². The van der Waals surface area contributed by atoms with Crippen LogP contribution in [0.1, 0.15) is 11.1 Å². The molecule has 0 heterocycles. The number of hydrogen-bond acceptors (Lipinski definition) is 6. The van der Waals surface area contributed by atoms with Gasteiger partial charge in [-0.3, -0.25) is 9.59 Å². The van der Waals surface area contributed by atoms with Crippen molar-refractivity contribution in [3.05, 3.63) is 65.7 Å². The summed E-state index contributed by atoms with van der Waals surface area (Å²) >= 11 is 0. The molecule has 30 heavy (non-hydrogen) atoms. The van der Waals surface area contributed by atoms with Crippen LogP contribution in [0.25, 0.3) is 6.08 Å². The van der Waals surface area contributed by atoms with E-state index in [4.69, 9.17) is 14.6 Å². The Morgan fingerprint density at radius 3 is 2.53 bits per heavy atom. The van der Waals surface area contributed by atoms with Gasteiger partial charge in [0.05, 0.1) is 19.9 Å². The number of carboxylic acids is 1. The summed E-state index contributed by atoms with van der Waals surface area (Å²) in [5.74, 6) is -1.04. The Labute approximate surface area is 173 Å². The normalized spacial score (nSPS) is 10.7. The third-order valence-corrected chi connectivity index (χ3v) is 3.63. The van der Waals surface area contributed by atoms with Crippen molar-refractivity contribution in [2.24, 2.45) is 5.10 Å². The molecule has 0 saturated carbocycles. The van der Waals surface area contributed by atoms with Crippen LogP contribution in [0.4, 0.5) is 0 Å². The lowest BCUT2D eigenvalue weighted by Gasteiger charge is -2.06. The summed E-state index contributed by atoms with van der Waals surface area (Å²) in [5, 5.41) is 14.9. The molecule has 0 aromatic heterocycles. The van der Waals surface area contributed by atoms with Gasteiger partial charge in [-0.15, -0.1) is 0 Å². The number of carboxylic acid groups (broad SMARTS) is 1. The van der Waals surface area contributed by atoms with Crippen LogP contribution in [0.3, 0.4) is 0 Å². The number of rotatable bonds is 10. The monoisotopic (exact) mass is 411 g/mol. The highest BCUT2D eigenvalue weighted by Gasteiger charge is 2.05. The fourth-order valence-electron chi connectivity index (χ4n) is 2.18. The molecule has 9 nitrogen and oxygen atoms in total. The van der Waals surface area contributed by atoms with E-state index in [9.17, 15) is 14.4 Å². The fraction of sp³-hybridized carbons (Fsp3) is 0.143. The summed E-state index contributed by atoms with van der Waals surface area (Å²) in [4.78, 5) is 34.2. The molecule has 0 radical (unpaired) electrons. The summed E-state index contributed by atoms with van der Waals surface area (Å²) in [5.41, 5.74) is 3.57. The molecule has 2 amide bonds. The van der Waals surface area contributed by atoms with Crippen molar-refractivity contribution in [1.29, 1.82) is 0 Å². The molecule has 2 rings (SSSR count). The Morgan fingerprint density at radius 2 is 1.83 bits per heavy atom. The molecular weight excluding hydrogens is 390 g/mol. The lowest BCUT2D eigenvalue weighted by Crippen LogP contribution is -2.34. The summed E-state index contributed by atoms with van der Waals surface area (Å²) < 4.78 is 10.2. The molecule has 0 spiro atoms. The van der Waals surface area contributed by atoms with Crippen LogP contribution in [-0.2, 0) is 14.4 Å². The standard InChI is InChI=1S/C21H21N3O6/c1-29-17-9-6-15(7-10-17)8-11-19(25)22-13-20(26)24-23-12-16-4-2-3-5-18(16)30-14-21(27)28/h2-12H,13-14H2,1H3,(H,22,25)(H,24,26)(H,27,28)/b11-8+,23-12+. The number of hydrogen-bond donors (Lipinski definition) is 3.